The largest absolute Gasteiger partial charge is 0.497 e. The number of benzene rings is 1. The highest BCUT2D eigenvalue weighted by Crippen LogP contribution is 2.20. The van der Waals surface area contributed by atoms with Gasteiger partial charge in [0, 0.05) is 17.8 Å². The van der Waals surface area contributed by atoms with E-state index in [9.17, 15) is 4.79 Å². The van der Waals surface area contributed by atoms with Crippen molar-refractivity contribution in [2.75, 3.05) is 44.7 Å². The van der Waals surface area contributed by atoms with Gasteiger partial charge >= 0.3 is 0 Å². The zero-order valence-corrected chi connectivity index (χ0v) is 12.6. The van der Waals surface area contributed by atoms with Crippen molar-refractivity contribution in [2.45, 2.75) is 18.9 Å². The third-order valence-corrected chi connectivity index (χ3v) is 4.24. The van der Waals surface area contributed by atoms with Crippen LogP contribution in [0.15, 0.2) is 24.3 Å². The minimum absolute atomic E-state index is 0.210. The minimum atomic E-state index is 0.210. The number of amides is 1. The molecular weight excluding hydrogens is 266 g/mol. The molecule has 114 valence electrons. The second kappa shape index (κ2) is 6.35. The molecule has 2 fully saturated rings. The molecule has 1 heterocycles. The molecule has 1 saturated heterocycles. The minimum Gasteiger partial charge on any atom is -0.497 e. The van der Waals surface area contributed by atoms with Crippen LogP contribution < -0.4 is 19.9 Å². The van der Waals surface area contributed by atoms with Crippen LogP contribution in [0.3, 0.4) is 0 Å². The highest BCUT2D eigenvalue weighted by Gasteiger charge is 2.27. The van der Waals surface area contributed by atoms with E-state index in [-0.39, 0.29) is 5.91 Å². The number of carbonyl (C=O) groups is 1. The molecule has 1 aliphatic heterocycles. The summed E-state index contributed by atoms with van der Waals surface area (Å²) in [4.78, 5) is 15.6. The molecule has 1 saturated carbocycles. The number of nitrogens with one attached hydrogen (secondary N) is 2. The van der Waals surface area contributed by atoms with Gasteiger partial charge in [-0.25, -0.2) is 0 Å². The normalized spacial score (nSPS) is 19.4. The van der Waals surface area contributed by atoms with E-state index in [0.29, 0.717) is 12.6 Å². The Hall–Kier alpha value is -1.75. The van der Waals surface area contributed by atoms with Gasteiger partial charge in [-0.05, 0) is 25.0 Å². The summed E-state index contributed by atoms with van der Waals surface area (Å²) in [6.07, 6.45) is 2.31. The van der Waals surface area contributed by atoms with Crippen LogP contribution in [-0.2, 0) is 4.79 Å². The summed E-state index contributed by atoms with van der Waals surface area (Å²) in [5.41, 5.74) is 1.20. The molecule has 1 aromatic rings. The molecule has 5 heteroatoms. The van der Waals surface area contributed by atoms with Crippen LogP contribution in [0.1, 0.15) is 12.8 Å². The topological polar surface area (TPSA) is 46.0 Å². The number of methoxy groups -OCH3 is 1. The first-order valence-corrected chi connectivity index (χ1v) is 7.76. The maximum absolute atomic E-state index is 11.8. The number of hydrogen-bond donors (Lipinski definition) is 2. The van der Waals surface area contributed by atoms with Crippen LogP contribution in [0.25, 0.3) is 0 Å². The molecule has 0 bridgehead atoms. The van der Waals surface area contributed by atoms with Crippen molar-refractivity contribution in [1.29, 1.82) is 0 Å². The number of rotatable bonds is 5. The fourth-order valence-corrected chi connectivity index (χ4v) is 2.80. The van der Waals surface area contributed by atoms with Gasteiger partial charge in [0.25, 0.3) is 5.91 Å². The fraction of sp³-hybridized carbons (Fsp3) is 0.562. The van der Waals surface area contributed by atoms with Crippen molar-refractivity contribution in [3.05, 3.63) is 24.3 Å². The van der Waals surface area contributed by atoms with Crippen molar-refractivity contribution in [1.82, 2.24) is 5.32 Å². The van der Waals surface area contributed by atoms with E-state index in [0.717, 1.165) is 44.8 Å². The lowest BCUT2D eigenvalue weighted by molar-refractivity contribution is -0.892. The Bertz CT molecular complexity index is 494. The van der Waals surface area contributed by atoms with Gasteiger partial charge in [0.05, 0.1) is 33.3 Å². The quantitative estimate of drug-likeness (QED) is 0.781. The third-order valence-electron chi connectivity index (χ3n) is 4.24. The van der Waals surface area contributed by atoms with Crippen LogP contribution in [-0.4, -0.2) is 51.8 Å². The van der Waals surface area contributed by atoms with Gasteiger partial charge in [-0.2, -0.15) is 0 Å². The first kappa shape index (κ1) is 14.2. The zero-order valence-electron chi connectivity index (χ0n) is 12.6. The second-order valence-electron chi connectivity index (χ2n) is 5.96. The maximum atomic E-state index is 11.8. The van der Waals surface area contributed by atoms with E-state index in [1.54, 1.807) is 7.11 Å². The number of piperazine rings is 1. The molecule has 1 aromatic carbocycles. The van der Waals surface area contributed by atoms with Gasteiger partial charge in [0.2, 0.25) is 0 Å². The van der Waals surface area contributed by atoms with Gasteiger partial charge in [-0.1, -0.05) is 6.07 Å². The summed E-state index contributed by atoms with van der Waals surface area (Å²) in [7, 11) is 1.69. The standard InChI is InChI=1S/C16H23N3O2/c1-21-15-4-2-3-14(11-15)19-9-7-18(8-10-19)12-16(20)17-13-5-6-13/h2-4,11,13H,5-10,12H2,1H3,(H,17,20)/p+1. The summed E-state index contributed by atoms with van der Waals surface area (Å²) < 4.78 is 5.28. The Morgan fingerprint density at radius 1 is 1.38 bits per heavy atom. The van der Waals surface area contributed by atoms with E-state index in [1.807, 2.05) is 12.1 Å². The number of carbonyl (C=O) groups excluding carboxylic acids is 1. The number of ether oxygens (including phenoxy) is 1. The van der Waals surface area contributed by atoms with Gasteiger partial charge in [0.15, 0.2) is 6.54 Å². The van der Waals surface area contributed by atoms with Crippen molar-refractivity contribution in [2.24, 2.45) is 0 Å². The Morgan fingerprint density at radius 3 is 2.81 bits per heavy atom. The van der Waals surface area contributed by atoms with Crippen LogP contribution in [0, 0.1) is 0 Å². The van der Waals surface area contributed by atoms with Crippen molar-refractivity contribution in [3.8, 4) is 5.75 Å². The molecule has 21 heavy (non-hydrogen) atoms. The Labute approximate surface area is 125 Å². The molecule has 3 rings (SSSR count). The zero-order chi connectivity index (χ0) is 14.7. The van der Waals surface area contributed by atoms with Gasteiger partial charge in [0.1, 0.15) is 5.75 Å². The molecule has 0 aromatic heterocycles. The SMILES string of the molecule is COc1cccc(N2CC[NH+](CC(=O)NC3CC3)CC2)c1. The lowest BCUT2D eigenvalue weighted by atomic mass is 10.2. The molecule has 0 spiro atoms. The van der Waals surface area contributed by atoms with Crippen LogP contribution in [0.4, 0.5) is 5.69 Å². The summed E-state index contributed by atoms with van der Waals surface area (Å²) in [6, 6.07) is 8.65. The molecule has 0 unspecified atom stereocenters. The summed E-state index contributed by atoms with van der Waals surface area (Å²) in [5.74, 6) is 1.11. The predicted octanol–water partition coefficient (Wildman–Crippen LogP) is -0.321. The first-order valence-electron chi connectivity index (χ1n) is 7.76. The number of anilines is 1. The van der Waals surface area contributed by atoms with Crippen molar-refractivity contribution in [3.63, 3.8) is 0 Å². The summed E-state index contributed by atoms with van der Waals surface area (Å²) >= 11 is 0. The first-order chi connectivity index (χ1) is 10.2. The average molecular weight is 290 g/mol. The summed E-state index contributed by atoms with van der Waals surface area (Å²) in [6.45, 7) is 4.60. The van der Waals surface area contributed by atoms with E-state index >= 15 is 0 Å². The smallest absolute Gasteiger partial charge is 0.275 e. The predicted molar refractivity (Wildman–Crippen MR) is 81.9 cm³/mol. The fourth-order valence-electron chi connectivity index (χ4n) is 2.80. The highest BCUT2D eigenvalue weighted by molar-refractivity contribution is 5.77. The highest BCUT2D eigenvalue weighted by atomic mass is 16.5. The molecule has 2 aliphatic rings. The van der Waals surface area contributed by atoms with Gasteiger partial charge < -0.3 is 19.9 Å². The lowest BCUT2D eigenvalue weighted by Gasteiger charge is -2.33. The molecule has 0 radical (unpaired) electrons. The van der Waals surface area contributed by atoms with E-state index in [4.69, 9.17) is 4.74 Å². The second-order valence-corrected chi connectivity index (χ2v) is 5.96. The molecule has 0 atom stereocenters. The maximum Gasteiger partial charge on any atom is 0.275 e. The lowest BCUT2D eigenvalue weighted by Crippen LogP contribution is -3.16. The van der Waals surface area contributed by atoms with Gasteiger partial charge in [-0.15, -0.1) is 0 Å². The summed E-state index contributed by atoms with van der Waals surface area (Å²) in [5, 5.41) is 3.07. The van der Waals surface area contributed by atoms with Crippen molar-refractivity contribution < 1.29 is 14.4 Å². The van der Waals surface area contributed by atoms with Gasteiger partial charge in [-0.3, -0.25) is 4.79 Å². The number of nitrogens with zero attached hydrogens (tertiary/aromatic N) is 1. The Balaban J connectivity index is 1.48. The molecule has 2 N–H and O–H groups in total. The van der Waals surface area contributed by atoms with Crippen LogP contribution in [0.5, 0.6) is 5.75 Å². The number of quaternary nitrogens is 1. The van der Waals surface area contributed by atoms with Crippen molar-refractivity contribution >= 4 is 11.6 Å². The molecule has 5 nitrogen and oxygen atoms in total. The molecule has 1 amide bonds. The third kappa shape index (κ3) is 3.88. The Kier molecular flexibility index (Phi) is 4.29. The number of hydrogen-bond acceptors (Lipinski definition) is 3. The average Bonchev–Trinajstić information content (AvgIpc) is 3.32. The monoisotopic (exact) mass is 290 g/mol. The molecular formula is C16H24N3O2+. The van der Waals surface area contributed by atoms with E-state index in [1.165, 1.54) is 10.6 Å². The van der Waals surface area contributed by atoms with Crippen LogP contribution in [0.2, 0.25) is 0 Å². The van der Waals surface area contributed by atoms with E-state index < -0.39 is 0 Å². The molecule has 1 aliphatic carbocycles. The van der Waals surface area contributed by atoms with E-state index in [2.05, 4.69) is 22.3 Å². The Morgan fingerprint density at radius 2 is 2.14 bits per heavy atom. The van der Waals surface area contributed by atoms with Crippen LogP contribution >= 0.6 is 0 Å².